The average Bonchev–Trinajstić information content (AvgIpc) is 2.67. The fourth-order valence-electron chi connectivity index (χ4n) is 2.51. The van der Waals surface area contributed by atoms with Crippen molar-refractivity contribution >= 4 is 23.7 Å². The third-order valence-corrected chi connectivity index (χ3v) is 4.01. The second-order valence-electron chi connectivity index (χ2n) is 5.57. The molecule has 1 amide bonds. The number of fused-ring (bicyclic) bond motifs is 1. The van der Waals surface area contributed by atoms with Crippen molar-refractivity contribution in [3.63, 3.8) is 0 Å². The van der Waals surface area contributed by atoms with Crippen LogP contribution in [0.3, 0.4) is 0 Å². The highest BCUT2D eigenvalue weighted by atomic mass is 35.5. The van der Waals surface area contributed by atoms with Crippen molar-refractivity contribution in [1.29, 1.82) is 0 Å². The number of para-hydroxylation sites is 2. The van der Waals surface area contributed by atoms with Crippen LogP contribution in [0.2, 0.25) is 5.02 Å². The molecule has 2 aromatic rings. The Kier molecular flexibility index (Phi) is 6.03. The zero-order chi connectivity index (χ0) is 19.2. The van der Waals surface area contributed by atoms with Crippen molar-refractivity contribution in [2.45, 2.75) is 13.0 Å². The summed E-state index contributed by atoms with van der Waals surface area (Å²) in [5.41, 5.74) is 3.09. The summed E-state index contributed by atoms with van der Waals surface area (Å²) in [5.74, 6) is 1.68. The lowest BCUT2D eigenvalue weighted by Gasteiger charge is -2.24. The van der Waals surface area contributed by atoms with Crippen molar-refractivity contribution in [3.05, 3.63) is 47.0 Å². The van der Waals surface area contributed by atoms with Crippen molar-refractivity contribution in [1.82, 2.24) is 5.43 Å². The molecule has 0 saturated heterocycles. The van der Waals surface area contributed by atoms with Crippen molar-refractivity contribution < 1.29 is 23.7 Å². The lowest BCUT2D eigenvalue weighted by Crippen LogP contribution is -2.42. The van der Waals surface area contributed by atoms with Crippen molar-refractivity contribution in [2.75, 3.05) is 20.3 Å². The third-order valence-electron chi connectivity index (χ3n) is 3.73. The zero-order valence-electron chi connectivity index (χ0n) is 14.9. The number of halogens is 1. The molecule has 0 fully saturated rings. The highest BCUT2D eigenvalue weighted by molar-refractivity contribution is 6.32. The molecule has 0 radical (unpaired) electrons. The summed E-state index contributed by atoms with van der Waals surface area (Å²) in [5, 5.41) is 4.34. The molecule has 0 aliphatic carbocycles. The van der Waals surface area contributed by atoms with E-state index in [0.29, 0.717) is 40.2 Å². The Bertz CT molecular complexity index is 856. The molecular weight excluding hydrogens is 372 g/mol. The van der Waals surface area contributed by atoms with E-state index >= 15 is 0 Å². The van der Waals surface area contributed by atoms with Gasteiger partial charge in [0.15, 0.2) is 23.0 Å². The largest absolute Gasteiger partial charge is 0.491 e. The number of hydrazone groups is 1. The molecule has 0 bridgehead atoms. The van der Waals surface area contributed by atoms with Gasteiger partial charge in [-0.15, -0.1) is 0 Å². The number of hydrogen-bond acceptors (Lipinski definition) is 6. The van der Waals surface area contributed by atoms with Crippen LogP contribution in [-0.2, 0) is 4.79 Å². The van der Waals surface area contributed by atoms with Gasteiger partial charge in [0.1, 0.15) is 6.61 Å². The minimum absolute atomic E-state index is 0.112. The van der Waals surface area contributed by atoms with Crippen LogP contribution in [0.4, 0.5) is 0 Å². The summed E-state index contributed by atoms with van der Waals surface area (Å²) in [6.07, 6.45) is 0.680. The molecule has 1 aliphatic rings. The molecular formula is C19H19ClN2O5. The van der Waals surface area contributed by atoms with E-state index in [4.69, 9.17) is 30.5 Å². The van der Waals surface area contributed by atoms with Crippen LogP contribution >= 0.6 is 11.6 Å². The van der Waals surface area contributed by atoms with Gasteiger partial charge in [-0.25, -0.2) is 5.43 Å². The maximum Gasteiger partial charge on any atom is 0.284 e. The number of amides is 1. The van der Waals surface area contributed by atoms with Crippen LogP contribution in [0.5, 0.6) is 23.0 Å². The van der Waals surface area contributed by atoms with Gasteiger partial charge in [0, 0.05) is 0 Å². The lowest BCUT2D eigenvalue weighted by atomic mass is 10.2. The first-order chi connectivity index (χ1) is 13.1. The first kappa shape index (κ1) is 18.8. The molecule has 27 heavy (non-hydrogen) atoms. The summed E-state index contributed by atoms with van der Waals surface area (Å²) in [4.78, 5) is 12.2. The molecule has 1 N–H and O–H groups in total. The minimum Gasteiger partial charge on any atom is -0.491 e. The second kappa shape index (κ2) is 8.64. The predicted molar refractivity (Wildman–Crippen MR) is 101 cm³/mol. The van der Waals surface area contributed by atoms with Crippen molar-refractivity contribution in [2.24, 2.45) is 5.10 Å². The molecule has 3 rings (SSSR count). The molecule has 0 spiro atoms. The van der Waals surface area contributed by atoms with Gasteiger partial charge in [-0.3, -0.25) is 4.79 Å². The summed E-state index contributed by atoms with van der Waals surface area (Å²) < 4.78 is 21.9. The maximum absolute atomic E-state index is 12.2. The third kappa shape index (κ3) is 4.43. The first-order valence-electron chi connectivity index (χ1n) is 8.34. The molecule has 1 aliphatic heterocycles. The number of nitrogens with zero attached hydrogens (tertiary/aromatic N) is 1. The molecule has 0 aromatic heterocycles. The smallest absolute Gasteiger partial charge is 0.284 e. The Labute approximate surface area is 161 Å². The van der Waals surface area contributed by atoms with Gasteiger partial charge < -0.3 is 18.9 Å². The maximum atomic E-state index is 12.2. The van der Waals surface area contributed by atoms with Gasteiger partial charge >= 0.3 is 0 Å². The number of methoxy groups -OCH3 is 1. The topological polar surface area (TPSA) is 78.4 Å². The quantitative estimate of drug-likeness (QED) is 0.606. The summed E-state index contributed by atoms with van der Waals surface area (Å²) >= 11 is 6.19. The molecule has 0 unspecified atom stereocenters. The molecule has 7 nitrogen and oxygen atoms in total. The molecule has 2 aromatic carbocycles. The van der Waals surface area contributed by atoms with E-state index in [1.54, 1.807) is 24.3 Å². The number of rotatable bonds is 6. The van der Waals surface area contributed by atoms with E-state index in [1.807, 2.05) is 19.1 Å². The number of carbonyl (C=O) groups excluding carboxylic acids is 1. The standard InChI is InChI=1S/C19H19ClN2O5/c1-3-25-16-9-12(8-13(20)18(16)24-2)10-21-22-19(23)17-11-26-14-6-4-5-7-15(14)27-17/h4-10,17H,3,11H2,1-2H3,(H,22,23)/b21-10-/t17-/m0/s1. The van der Waals surface area contributed by atoms with E-state index in [2.05, 4.69) is 10.5 Å². The van der Waals surface area contributed by atoms with Crippen LogP contribution in [0, 0.1) is 0 Å². The summed E-state index contributed by atoms with van der Waals surface area (Å²) in [6.45, 7) is 2.43. The number of nitrogens with one attached hydrogen (secondary N) is 1. The molecule has 0 saturated carbocycles. The van der Waals surface area contributed by atoms with E-state index in [0.717, 1.165) is 0 Å². The zero-order valence-corrected chi connectivity index (χ0v) is 15.7. The lowest BCUT2D eigenvalue weighted by molar-refractivity contribution is -0.130. The Balaban J connectivity index is 1.64. The Morgan fingerprint density at radius 2 is 2.15 bits per heavy atom. The van der Waals surface area contributed by atoms with E-state index in [-0.39, 0.29) is 6.61 Å². The number of benzene rings is 2. The van der Waals surface area contributed by atoms with E-state index in [1.165, 1.54) is 13.3 Å². The Morgan fingerprint density at radius 1 is 1.37 bits per heavy atom. The Hall–Kier alpha value is -2.93. The molecule has 1 heterocycles. The van der Waals surface area contributed by atoms with E-state index < -0.39 is 12.0 Å². The van der Waals surface area contributed by atoms with Gasteiger partial charge in [-0.2, -0.15) is 5.10 Å². The molecule has 8 heteroatoms. The average molecular weight is 391 g/mol. The number of hydrogen-bond donors (Lipinski definition) is 1. The monoisotopic (exact) mass is 390 g/mol. The normalized spacial score (nSPS) is 15.4. The van der Waals surface area contributed by atoms with Gasteiger partial charge in [0.25, 0.3) is 5.91 Å². The summed E-state index contributed by atoms with van der Waals surface area (Å²) in [6, 6.07) is 10.6. The number of ether oxygens (including phenoxy) is 4. The first-order valence-corrected chi connectivity index (χ1v) is 8.72. The predicted octanol–water partition coefficient (Wildman–Crippen LogP) is 3.04. The molecule has 142 valence electrons. The van der Waals surface area contributed by atoms with Crippen LogP contribution < -0.4 is 24.4 Å². The highest BCUT2D eigenvalue weighted by Crippen LogP contribution is 2.36. The van der Waals surface area contributed by atoms with Crippen molar-refractivity contribution in [3.8, 4) is 23.0 Å². The SMILES string of the molecule is CCOc1cc(/C=N\NC(=O)[C@@H]2COc3ccccc3O2)cc(Cl)c1OC. The fraction of sp³-hybridized carbons (Fsp3) is 0.263. The second-order valence-corrected chi connectivity index (χ2v) is 5.97. The van der Waals surface area contributed by atoms with Gasteiger partial charge in [0.05, 0.1) is 25.0 Å². The minimum atomic E-state index is -0.782. The van der Waals surface area contributed by atoms with Crippen LogP contribution in [0.1, 0.15) is 12.5 Å². The Morgan fingerprint density at radius 3 is 2.89 bits per heavy atom. The highest BCUT2D eigenvalue weighted by Gasteiger charge is 2.27. The summed E-state index contributed by atoms with van der Waals surface area (Å²) in [7, 11) is 1.52. The number of carbonyl (C=O) groups is 1. The van der Waals surface area contributed by atoms with E-state index in [9.17, 15) is 4.79 Å². The van der Waals surface area contributed by atoms with Gasteiger partial charge in [0.2, 0.25) is 6.10 Å². The fourth-order valence-corrected chi connectivity index (χ4v) is 2.81. The van der Waals surface area contributed by atoms with Crippen LogP contribution in [0.15, 0.2) is 41.5 Å². The van der Waals surface area contributed by atoms with Gasteiger partial charge in [-0.1, -0.05) is 23.7 Å². The van der Waals surface area contributed by atoms with Gasteiger partial charge in [-0.05, 0) is 36.8 Å². The van der Waals surface area contributed by atoms with Crippen LogP contribution in [-0.4, -0.2) is 38.5 Å². The molecule has 1 atom stereocenters. The van der Waals surface area contributed by atoms with Crippen LogP contribution in [0.25, 0.3) is 0 Å².